The highest BCUT2D eigenvalue weighted by Crippen LogP contribution is 2.34. The van der Waals surface area contributed by atoms with Gasteiger partial charge in [0, 0.05) is 19.0 Å². The van der Waals surface area contributed by atoms with Crippen LogP contribution in [-0.2, 0) is 6.54 Å². The van der Waals surface area contributed by atoms with Crippen LogP contribution >= 0.6 is 0 Å². The van der Waals surface area contributed by atoms with Crippen LogP contribution in [0.3, 0.4) is 0 Å². The maximum atomic E-state index is 10.1. The van der Waals surface area contributed by atoms with Crippen LogP contribution < -0.4 is 15.8 Å². The quantitative estimate of drug-likeness (QED) is 0.440. The molecule has 0 bridgehead atoms. The van der Waals surface area contributed by atoms with Gasteiger partial charge in [0.1, 0.15) is 22.3 Å². The summed E-state index contributed by atoms with van der Waals surface area (Å²) in [5.41, 5.74) is 7.20. The van der Waals surface area contributed by atoms with Crippen LogP contribution in [0.2, 0.25) is 0 Å². The summed E-state index contributed by atoms with van der Waals surface area (Å²) < 4.78 is 13.2. The molecule has 3 aromatic heterocycles. The monoisotopic (exact) mass is 495 g/mol. The average molecular weight is 496 g/mol. The molecule has 3 aromatic rings. The molecular weight excluding hydrogens is 458 g/mol. The summed E-state index contributed by atoms with van der Waals surface area (Å²) in [5.74, 6) is 8.08. The summed E-state index contributed by atoms with van der Waals surface area (Å²) in [6.07, 6.45) is 3.98. The van der Waals surface area contributed by atoms with E-state index in [1.807, 2.05) is 11.5 Å². The number of aromatic nitrogens is 5. The van der Waals surface area contributed by atoms with Crippen molar-refractivity contribution in [3.63, 3.8) is 0 Å². The molecule has 1 saturated heterocycles. The summed E-state index contributed by atoms with van der Waals surface area (Å²) in [6, 6.07) is 0. The van der Waals surface area contributed by atoms with Crippen LogP contribution in [0.5, 0.6) is 5.75 Å². The molecule has 1 unspecified atom stereocenters. The second-order valence-corrected chi connectivity index (χ2v) is 11.4. The molecule has 1 aliphatic heterocycles. The fraction of sp³-hybridized carbons (Fsp3) is 0.615. The molecule has 194 valence electrons. The molecule has 1 aliphatic rings. The largest absolute Gasteiger partial charge is 0.489 e. The van der Waals surface area contributed by atoms with Gasteiger partial charge in [0.05, 0.1) is 12.8 Å². The molecule has 10 nitrogen and oxygen atoms in total. The van der Waals surface area contributed by atoms with Crippen molar-refractivity contribution < 1.29 is 14.5 Å². The first kappa shape index (κ1) is 25.9. The Morgan fingerprint density at radius 3 is 2.61 bits per heavy atom. The molecule has 0 spiro atoms. The van der Waals surface area contributed by atoms with Crippen molar-refractivity contribution >= 4 is 16.9 Å². The first-order valence-corrected chi connectivity index (χ1v) is 12.5. The SMILES string of the molecule is CCn1c(-c2nonc2N)nc2c(C#CC(C)(C)O)ncc(OC[C@@H]3CNCC(CC(C)(C)C)C3)c21. The van der Waals surface area contributed by atoms with Gasteiger partial charge in [-0.2, -0.15) is 0 Å². The first-order valence-electron chi connectivity index (χ1n) is 12.5. The third kappa shape index (κ3) is 5.97. The highest BCUT2D eigenvalue weighted by Gasteiger charge is 2.27. The van der Waals surface area contributed by atoms with Crippen LogP contribution in [0.15, 0.2) is 10.8 Å². The van der Waals surface area contributed by atoms with Gasteiger partial charge in [0.2, 0.25) is 0 Å². The molecule has 0 aliphatic carbocycles. The summed E-state index contributed by atoms with van der Waals surface area (Å²) in [7, 11) is 0. The number of pyridine rings is 1. The van der Waals surface area contributed by atoms with Crippen LogP contribution in [-0.4, -0.2) is 55.3 Å². The normalized spacial score (nSPS) is 18.8. The number of ether oxygens (including phenoxy) is 1. The molecule has 4 rings (SSSR count). The molecule has 4 N–H and O–H groups in total. The van der Waals surface area contributed by atoms with Gasteiger partial charge in [-0.25, -0.2) is 14.6 Å². The van der Waals surface area contributed by atoms with Gasteiger partial charge in [-0.15, -0.1) is 0 Å². The number of imidazole rings is 1. The van der Waals surface area contributed by atoms with Gasteiger partial charge >= 0.3 is 0 Å². The standard InChI is InChI=1S/C26H37N7O3/c1-7-33-22-19(35-15-17-10-16(12-28-13-17)11-25(2,3)4)14-29-18(8-9-26(5,6)34)20(22)30-24(33)21-23(27)32-36-31-21/h14,16-17,28,34H,7,10-13,15H2,1-6H3,(H2,27,32)/t16?,17-/m0/s1. The molecule has 4 heterocycles. The Kier molecular flexibility index (Phi) is 7.25. The number of nitrogens with two attached hydrogens (primary N) is 1. The number of nitrogens with one attached hydrogen (secondary N) is 1. The van der Waals surface area contributed by atoms with E-state index < -0.39 is 5.60 Å². The van der Waals surface area contributed by atoms with E-state index >= 15 is 0 Å². The maximum absolute atomic E-state index is 10.1. The van der Waals surface area contributed by atoms with Gasteiger partial charge in [-0.1, -0.05) is 26.7 Å². The molecule has 1 fully saturated rings. The van der Waals surface area contributed by atoms with Gasteiger partial charge in [-0.05, 0) is 67.7 Å². The van der Waals surface area contributed by atoms with Crippen molar-refractivity contribution in [3.05, 3.63) is 11.9 Å². The Hall–Kier alpha value is -3.16. The van der Waals surface area contributed by atoms with E-state index in [0.29, 0.717) is 58.9 Å². The number of piperidine rings is 1. The summed E-state index contributed by atoms with van der Waals surface area (Å²) in [4.78, 5) is 9.31. The Morgan fingerprint density at radius 2 is 1.97 bits per heavy atom. The molecular formula is C26H37N7O3. The van der Waals surface area contributed by atoms with E-state index in [0.717, 1.165) is 25.0 Å². The minimum Gasteiger partial charge on any atom is -0.489 e. The zero-order valence-corrected chi connectivity index (χ0v) is 22.1. The Labute approximate surface area is 212 Å². The number of anilines is 1. The smallest absolute Gasteiger partial charge is 0.199 e. The first-order chi connectivity index (χ1) is 16.9. The third-order valence-electron chi connectivity index (χ3n) is 6.17. The van der Waals surface area contributed by atoms with Crippen molar-refractivity contribution in [2.45, 2.75) is 66.5 Å². The summed E-state index contributed by atoms with van der Waals surface area (Å²) in [6.45, 7) is 15.2. The molecule has 0 amide bonds. The second-order valence-electron chi connectivity index (χ2n) is 11.4. The number of fused-ring (bicyclic) bond motifs is 1. The highest BCUT2D eigenvalue weighted by atomic mass is 16.6. The van der Waals surface area contributed by atoms with Crippen LogP contribution in [0.1, 0.15) is 60.1 Å². The molecule has 0 aromatic carbocycles. The van der Waals surface area contributed by atoms with Crippen molar-refractivity contribution in [2.24, 2.45) is 17.3 Å². The van der Waals surface area contributed by atoms with Crippen molar-refractivity contribution in [3.8, 4) is 29.1 Å². The second kappa shape index (κ2) is 10.1. The van der Waals surface area contributed by atoms with E-state index in [1.165, 1.54) is 6.42 Å². The zero-order chi connectivity index (χ0) is 26.1. The van der Waals surface area contributed by atoms with Crippen molar-refractivity contribution in [1.82, 2.24) is 30.2 Å². The van der Waals surface area contributed by atoms with Crippen LogP contribution in [0.4, 0.5) is 5.82 Å². The maximum Gasteiger partial charge on any atom is 0.199 e. The average Bonchev–Trinajstić information content (AvgIpc) is 3.38. The lowest BCUT2D eigenvalue weighted by Crippen LogP contribution is -2.40. The minimum atomic E-state index is -1.17. The lowest BCUT2D eigenvalue weighted by molar-refractivity contribution is 0.143. The lowest BCUT2D eigenvalue weighted by atomic mass is 9.79. The summed E-state index contributed by atoms with van der Waals surface area (Å²) in [5, 5.41) is 21.3. The van der Waals surface area contributed by atoms with E-state index in [2.05, 4.69) is 53.2 Å². The number of nitrogens with zero attached hydrogens (tertiary/aromatic N) is 5. The Balaban J connectivity index is 1.69. The topological polar surface area (TPSA) is 137 Å². The fourth-order valence-electron chi connectivity index (χ4n) is 4.85. The minimum absolute atomic E-state index is 0.151. The van der Waals surface area contributed by atoms with Gasteiger partial charge in [-0.3, -0.25) is 0 Å². The van der Waals surface area contributed by atoms with E-state index in [1.54, 1.807) is 20.0 Å². The highest BCUT2D eigenvalue weighted by molar-refractivity contribution is 5.89. The summed E-state index contributed by atoms with van der Waals surface area (Å²) >= 11 is 0. The van der Waals surface area contributed by atoms with Crippen LogP contribution in [0.25, 0.3) is 22.6 Å². The zero-order valence-electron chi connectivity index (χ0n) is 22.1. The van der Waals surface area contributed by atoms with Gasteiger partial charge < -0.3 is 25.5 Å². The number of aryl methyl sites for hydroxylation is 1. The Bertz CT molecular complexity index is 1270. The van der Waals surface area contributed by atoms with E-state index in [9.17, 15) is 5.11 Å². The van der Waals surface area contributed by atoms with Crippen LogP contribution in [0, 0.1) is 29.1 Å². The number of hydrogen-bond donors (Lipinski definition) is 3. The molecule has 0 saturated carbocycles. The molecule has 2 atom stereocenters. The van der Waals surface area contributed by atoms with Crippen molar-refractivity contribution in [1.29, 1.82) is 0 Å². The fourth-order valence-corrected chi connectivity index (χ4v) is 4.85. The molecule has 36 heavy (non-hydrogen) atoms. The molecule has 10 heteroatoms. The van der Waals surface area contributed by atoms with E-state index in [-0.39, 0.29) is 5.82 Å². The number of hydrogen-bond acceptors (Lipinski definition) is 9. The predicted octanol–water partition coefficient (Wildman–Crippen LogP) is 3.25. The van der Waals surface area contributed by atoms with Gasteiger partial charge in [0.25, 0.3) is 0 Å². The van der Waals surface area contributed by atoms with E-state index in [4.69, 9.17) is 20.1 Å². The number of aliphatic hydroxyl groups is 1. The Morgan fingerprint density at radius 1 is 1.22 bits per heavy atom. The van der Waals surface area contributed by atoms with Crippen molar-refractivity contribution in [2.75, 3.05) is 25.4 Å². The number of nitrogen functional groups attached to an aromatic ring is 1. The predicted molar refractivity (Wildman–Crippen MR) is 138 cm³/mol. The molecule has 0 radical (unpaired) electrons. The third-order valence-corrected chi connectivity index (χ3v) is 6.17. The number of rotatable bonds is 6. The lowest BCUT2D eigenvalue weighted by Gasteiger charge is -2.33. The van der Waals surface area contributed by atoms with Gasteiger partial charge in [0.15, 0.2) is 23.1 Å².